The molecule has 6 heteroatoms. The molecule has 1 rings (SSSR count). The number of thioether (sulfide) groups is 1. The molecule has 20 heavy (non-hydrogen) atoms. The third-order valence-corrected chi connectivity index (χ3v) is 3.22. The first-order valence-electron chi connectivity index (χ1n) is 6.53. The van der Waals surface area contributed by atoms with E-state index < -0.39 is 5.97 Å². The molecule has 0 aliphatic rings. The first-order chi connectivity index (χ1) is 9.49. The van der Waals surface area contributed by atoms with Crippen molar-refractivity contribution in [1.82, 2.24) is 4.90 Å². The SMILES string of the molecule is CCOC(=O)CN(C(=O)c1ccc(CSC)o1)C(C)C. The Labute approximate surface area is 123 Å². The average Bonchev–Trinajstić information content (AvgIpc) is 2.84. The minimum atomic E-state index is -0.412. The Bertz CT molecular complexity index is 456. The van der Waals surface area contributed by atoms with E-state index >= 15 is 0 Å². The second-order valence-corrected chi connectivity index (χ2v) is 5.40. The highest BCUT2D eigenvalue weighted by atomic mass is 32.2. The number of nitrogens with zero attached hydrogens (tertiary/aromatic N) is 1. The second kappa shape index (κ2) is 7.99. The zero-order valence-electron chi connectivity index (χ0n) is 12.3. The summed E-state index contributed by atoms with van der Waals surface area (Å²) in [7, 11) is 0. The quantitative estimate of drug-likeness (QED) is 0.724. The summed E-state index contributed by atoms with van der Waals surface area (Å²) in [5.41, 5.74) is 0. The molecule has 1 heterocycles. The van der Waals surface area contributed by atoms with Gasteiger partial charge in [0.1, 0.15) is 12.3 Å². The maximum Gasteiger partial charge on any atom is 0.325 e. The number of carbonyl (C=O) groups is 2. The zero-order chi connectivity index (χ0) is 15.1. The third kappa shape index (κ3) is 4.59. The van der Waals surface area contributed by atoms with Crippen molar-refractivity contribution in [3.8, 4) is 0 Å². The Balaban J connectivity index is 2.79. The molecule has 0 aromatic carbocycles. The van der Waals surface area contributed by atoms with Crippen molar-refractivity contribution in [3.05, 3.63) is 23.7 Å². The predicted molar refractivity (Wildman–Crippen MR) is 78.7 cm³/mol. The van der Waals surface area contributed by atoms with Gasteiger partial charge in [0.2, 0.25) is 0 Å². The number of furan rings is 1. The summed E-state index contributed by atoms with van der Waals surface area (Å²) in [6.07, 6.45) is 1.96. The zero-order valence-corrected chi connectivity index (χ0v) is 13.2. The van der Waals surface area contributed by atoms with Crippen molar-refractivity contribution >= 4 is 23.6 Å². The van der Waals surface area contributed by atoms with E-state index in [1.165, 1.54) is 4.90 Å². The van der Waals surface area contributed by atoms with Gasteiger partial charge in [-0.25, -0.2) is 0 Å². The average molecular weight is 299 g/mol. The number of amides is 1. The van der Waals surface area contributed by atoms with Crippen molar-refractivity contribution in [2.24, 2.45) is 0 Å². The van der Waals surface area contributed by atoms with Gasteiger partial charge in [-0.3, -0.25) is 9.59 Å². The summed E-state index contributed by atoms with van der Waals surface area (Å²) in [5.74, 6) is 1.02. The summed E-state index contributed by atoms with van der Waals surface area (Å²) in [6, 6.07) is 3.32. The summed E-state index contributed by atoms with van der Waals surface area (Å²) in [6.45, 7) is 5.67. The van der Waals surface area contributed by atoms with Crippen LogP contribution >= 0.6 is 11.8 Å². The van der Waals surface area contributed by atoms with Crippen LogP contribution in [0, 0.1) is 0 Å². The molecule has 0 unspecified atom stereocenters. The highest BCUT2D eigenvalue weighted by Gasteiger charge is 2.24. The van der Waals surface area contributed by atoms with Crippen LogP contribution in [0.4, 0.5) is 0 Å². The van der Waals surface area contributed by atoms with Crippen LogP contribution in [0.15, 0.2) is 16.5 Å². The van der Waals surface area contributed by atoms with E-state index in [1.807, 2.05) is 20.1 Å². The van der Waals surface area contributed by atoms with Gasteiger partial charge in [0.15, 0.2) is 5.76 Å². The lowest BCUT2D eigenvalue weighted by Crippen LogP contribution is -2.41. The van der Waals surface area contributed by atoms with E-state index in [9.17, 15) is 9.59 Å². The highest BCUT2D eigenvalue weighted by Crippen LogP contribution is 2.16. The molecule has 0 N–H and O–H groups in total. The largest absolute Gasteiger partial charge is 0.465 e. The first-order valence-corrected chi connectivity index (χ1v) is 7.93. The van der Waals surface area contributed by atoms with Gasteiger partial charge >= 0.3 is 5.97 Å². The van der Waals surface area contributed by atoms with E-state index in [-0.39, 0.29) is 24.3 Å². The molecule has 0 spiro atoms. The second-order valence-electron chi connectivity index (χ2n) is 4.53. The van der Waals surface area contributed by atoms with E-state index in [1.54, 1.807) is 30.8 Å². The number of carbonyl (C=O) groups excluding carboxylic acids is 2. The van der Waals surface area contributed by atoms with Crippen molar-refractivity contribution in [2.75, 3.05) is 19.4 Å². The summed E-state index contributed by atoms with van der Waals surface area (Å²) >= 11 is 1.62. The fraction of sp³-hybridized carbons (Fsp3) is 0.571. The van der Waals surface area contributed by atoms with Gasteiger partial charge in [-0.05, 0) is 39.2 Å². The van der Waals surface area contributed by atoms with E-state index in [4.69, 9.17) is 9.15 Å². The molecule has 0 saturated carbocycles. The Morgan fingerprint density at radius 3 is 2.65 bits per heavy atom. The van der Waals surface area contributed by atoms with Crippen LogP contribution in [-0.4, -0.2) is 42.2 Å². The van der Waals surface area contributed by atoms with Crippen LogP contribution < -0.4 is 0 Å². The number of ether oxygens (including phenoxy) is 1. The topological polar surface area (TPSA) is 59.8 Å². The smallest absolute Gasteiger partial charge is 0.325 e. The van der Waals surface area contributed by atoms with Gasteiger partial charge in [-0.2, -0.15) is 11.8 Å². The third-order valence-electron chi connectivity index (χ3n) is 2.65. The summed E-state index contributed by atoms with van der Waals surface area (Å²) in [5, 5.41) is 0. The predicted octanol–water partition coefficient (Wildman–Crippen LogP) is 2.56. The summed E-state index contributed by atoms with van der Waals surface area (Å²) < 4.78 is 10.4. The minimum Gasteiger partial charge on any atom is -0.465 e. The van der Waals surface area contributed by atoms with Gasteiger partial charge in [-0.1, -0.05) is 0 Å². The van der Waals surface area contributed by atoms with Crippen LogP contribution in [-0.2, 0) is 15.3 Å². The molecule has 1 aromatic rings. The fourth-order valence-electron chi connectivity index (χ4n) is 1.69. The molecular weight excluding hydrogens is 278 g/mol. The van der Waals surface area contributed by atoms with Crippen LogP contribution in [0.2, 0.25) is 0 Å². The normalized spacial score (nSPS) is 10.7. The van der Waals surface area contributed by atoms with Gasteiger partial charge < -0.3 is 14.1 Å². The molecule has 0 aliphatic heterocycles. The lowest BCUT2D eigenvalue weighted by atomic mass is 10.2. The van der Waals surface area contributed by atoms with E-state index in [2.05, 4.69) is 0 Å². The fourth-order valence-corrected chi connectivity index (χ4v) is 2.13. The Hall–Kier alpha value is -1.43. The molecule has 0 aliphatic carbocycles. The van der Waals surface area contributed by atoms with Crippen molar-refractivity contribution in [1.29, 1.82) is 0 Å². The van der Waals surface area contributed by atoms with Crippen LogP contribution in [0.5, 0.6) is 0 Å². The molecule has 0 fully saturated rings. The number of rotatable bonds is 7. The maximum atomic E-state index is 12.4. The van der Waals surface area contributed by atoms with Gasteiger partial charge in [0.25, 0.3) is 5.91 Å². The Morgan fingerprint density at radius 1 is 1.40 bits per heavy atom. The molecule has 0 radical (unpaired) electrons. The monoisotopic (exact) mass is 299 g/mol. The van der Waals surface area contributed by atoms with Crippen LogP contribution in [0.1, 0.15) is 37.1 Å². The van der Waals surface area contributed by atoms with E-state index in [0.29, 0.717) is 12.4 Å². The van der Waals surface area contributed by atoms with Gasteiger partial charge in [0.05, 0.1) is 12.4 Å². The highest BCUT2D eigenvalue weighted by molar-refractivity contribution is 7.97. The minimum absolute atomic E-state index is 0.0666. The standard InChI is InChI=1S/C14H21NO4S/c1-5-18-13(16)8-15(10(2)3)14(17)12-7-6-11(19-12)9-20-4/h6-7,10H,5,8-9H2,1-4H3. The van der Waals surface area contributed by atoms with Crippen molar-refractivity contribution < 1.29 is 18.7 Å². The van der Waals surface area contributed by atoms with Crippen molar-refractivity contribution in [2.45, 2.75) is 32.6 Å². The molecule has 5 nitrogen and oxygen atoms in total. The number of hydrogen-bond acceptors (Lipinski definition) is 5. The number of hydrogen-bond donors (Lipinski definition) is 0. The Kier molecular flexibility index (Phi) is 6.64. The molecule has 0 atom stereocenters. The molecule has 0 bridgehead atoms. The van der Waals surface area contributed by atoms with Crippen LogP contribution in [0.25, 0.3) is 0 Å². The number of esters is 1. The van der Waals surface area contributed by atoms with E-state index in [0.717, 1.165) is 5.76 Å². The molecule has 112 valence electrons. The maximum absolute atomic E-state index is 12.4. The molecule has 0 saturated heterocycles. The lowest BCUT2D eigenvalue weighted by Gasteiger charge is -2.24. The Morgan fingerprint density at radius 2 is 2.10 bits per heavy atom. The van der Waals surface area contributed by atoms with Gasteiger partial charge in [0, 0.05) is 6.04 Å². The lowest BCUT2D eigenvalue weighted by molar-refractivity contribution is -0.144. The molecular formula is C14H21NO4S. The molecule has 1 amide bonds. The first kappa shape index (κ1) is 16.6. The molecule has 1 aromatic heterocycles. The van der Waals surface area contributed by atoms with Crippen LogP contribution in [0.3, 0.4) is 0 Å². The van der Waals surface area contributed by atoms with Crippen molar-refractivity contribution in [3.63, 3.8) is 0 Å². The summed E-state index contributed by atoms with van der Waals surface area (Å²) in [4.78, 5) is 25.4. The van der Waals surface area contributed by atoms with Gasteiger partial charge in [-0.15, -0.1) is 0 Å².